The molecular formula is C8H12ClNS2. The van der Waals surface area contributed by atoms with Crippen molar-refractivity contribution < 1.29 is 0 Å². The average Bonchev–Trinajstić information content (AvgIpc) is 2.35. The summed E-state index contributed by atoms with van der Waals surface area (Å²) in [7, 11) is 0. The van der Waals surface area contributed by atoms with Gasteiger partial charge >= 0.3 is 0 Å². The van der Waals surface area contributed by atoms with Gasteiger partial charge in [-0.15, -0.1) is 11.3 Å². The Kier molecular flexibility index (Phi) is 3.87. The van der Waals surface area contributed by atoms with Crippen molar-refractivity contribution >= 4 is 34.7 Å². The fourth-order valence-corrected chi connectivity index (χ4v) is 2.87. The summed E-state index contributed by atoms with van der Waals surface area (Å²) in [5, 5.41) is 3.09. The van der Waals surface area contributed by atoms with E-state index in [0.29, 0.717) is 16.3 Å². The van der Waals surface area contributed by atoms with Crippen LogP contribution in [0.2, 0.25) is 5.15 Å². The van der Waals surface area contributed by atoms with Crippen LogP contribution in [0.1, 0.15) is 20.8 Å². The van der Waals surface area contributed by atoms with Gasteiger partial charge in [0.05, 0.1) is 0 Å². The Bertz CT molecular complexity index is 247. The first kappa shape index (κ1) is 10.4. The van der Waals surface area contributed by atoms with Gasteiger partial charge in [0.15, 0.2) is 4.34 Å². The first-order valence-electron chi connectivity index (χ1n) is 3.87. The maximum Gasteiger partial charge on any atom is 0.151 e. The highest BCUT2D eigenvalue weighted by molar-refractivity contribution is 8.01. The summed E-state index contributed by atoms with van der Waals surface area (Å²) in [6, 6.07) is 0. The summed E-state index contributed by atoms with van der Waals surface area (Å²) in [6.45, 7) is 6.64. The van der Waals surface area contributed by atoms with Gasteiger partial charge in [-0.3, -0.25) is 0 Å². The van der Waals surface area contributed by atoms with Crippen LogP contribution in [0.25, 0.3) is 0 Å². The minimum atomic E-state index is 0.604. The zero-order valence-corrected chi connectivity index (χ0v) is 9.76. The predicted molar refractivity (Wildman–Crippen MR) is 57.3 cm³/mol. The number of thioether (sulfide) groups is 1. The van der Waals surface area contributed by atoms with E-state index < -0.39 is 0 Å². The first-order valence-corrected chi connectivity index (χ1v) is 6.01. The van der Waals surface area contributed by atoms with Crippen LogP contribution >= 0.6 is 34.7 Å². The van der Waals surface area contributed by atoms with E-state index in [-0.39, 0.29) is 0 Å². The molecule has 1 nitrogen and oxygen atoms in total. The molecule has 0 amide bonds. The van der Waals surface area contributed by atoms with Gasteiger partial charge in [-0.1, -0.05) is 44.1 Å². The molecule has 1 rings (SSSR count). The molecule has 1 aromatic rings. The van der Waals surface area contributed by atoms with Gasteiger partial charge in [0.25, 0.3) is 0 Å². The lowest BCUT2D eigenvalue weighted by molar-refractivity contribution is 0.642. The Morgan fingerprint density at radius 3 is 2.58 bits per heavy atom. The van der Waals surface area contributed by atoms with E-state index >= 15 is 0 Å². The molecule has 4 heteroatoms. The third-order valence-electron chi connectivity index (χ3n) is 1.68. The van der Waals surface area contributed by atoms with Crippen LogP contribution in [-0.2, 0) is 0 Å². The molecule has 0 bridgehead atoms. The van der Waals surface area contributed by atoms with Crippen LogP contribution in [-0.4, -0.2) is 10.2 Å². The highest BCUT2D eigenvalue weighted by atomic mass is 35.5. The van der Waals surface area contributed by atoms with E-state index in [9.17, 15) is 0 Å². The van der Waals surface area contributed by atoms with Crippen molar-refractivity contribution in [3.8, 4) is 0 Å². The number of aromatic nitrogens is 1. The molecule has 1 heterocycles. The third kappa shape index (κ3) is 2.96. The van der Waals surface area contributed by atoms with Gasteiger partial charge in [0.1, 0.15) is 5.15 Å². The Morgan fingerprint density at radius 2 is 2.17 bits per heavy atom. The summed E-state index contributed by atoms with van der Waals surface area (Å²) < 4.78 is 1.07. The largest absolute Gasteiger partial charge is 0.218 e. The molecule has 0 aliphatic rings. The maximum absolute atomic E-state index is 5.71. The molecule has 1 atom stereocenters. The summed E-state index contributed by atoms with van der Waals surface area (Å²) in [6.07, 6.45) is 0. The smallest absolute Gasteiger partial charge is 0.151 e. The van der Waals surface area contributed by atoms with E-state index in [1.54, 1.807) is 23.1 Å². The molecule has 0 aromatic carbocycles. The van der Waals surface area contributed by atoms with Crippen molar-refractivity contribution in [3.05, 3.63) is 10.5 Å². The molecule has 1 unspecified atom stereocenters. The molecule has 68 valence electrons. The van der Waals surface area contributed by atoms with Gasteiger partial charge < -0.3 is 0 Å². The summed E-state index contributed by atoms with van der Waals surface area (Å²) in [4.78, 5) is 4.18. The Balaban J connectivity index is 2.52. The fourth-order valence-electron chi connectivity index (χ4n) is 0.588. The fraction of sp³-hybridized carbons (Fsp3) is 0.625. The van der Waals surface area contributed by atoms with E-state index in [1.165, 1.54) is 0 Å². The normalized spacial score (nSPS) is 13.8. The topological polar surface area (TPSA) is 12.9 Å². The number of rotatable bonds is 3. The Hall–Kier alpha value is 0.270. The predicted octanol–water partition coefficient (Wildman–Crippen LogP) is 3.93. The summed E-state index contributed by atoms with van der Waals surface area (Å²) in [5.74, 6) is 0.678. The molecule has 0 N–H and O–H groups in total. The van der Waals surface area contributed by atoms with E-state index in [2.05, 4.69) is 25.8 Å². The van der Waals surface area contributed by atoms with Crippen LogP contribution < -0.4 is 0 Å². The van der Waals surface area contributed by atoms with Gasteiger partial charge in [0.2, 0.25) is 0 Å². The van der Waals surface area contributed by atoms with Crippen molar-refractivity contribution in [1.29, 1.82) is 0 Å². The van der Waals surface area contributed by atoms with Crippen LogP contribution in [0.15, 0.2) is 9.72 Å². The molecule has 12 heavy (non-hydrogen) atoms. The Labute approximate surface area is 86.5 Å². The second kappa shape index (κ2) is 4.49. The third-order valence-corrected chi connectivity index (χ3v) is 4.42. The first-order chi connectivity index (χ1) is 5.59. The highest BCUT2D eigenvalue weighted by Crippen LogP contribution is 2.31. The average molecular weight is 222 g/mol. The summed E-state index contributed by atoms with van der Waals surface area (Å²) in [5.41, 5.74) is 0. The Morgan fingerprint density at radius 1 is 1.50 bits per heavy atom. The molecule has 1 aromatic heterocycles. The lowest BCUT2D eigenvalue weighted by Gasteiger charge is -2.12. The van der Waals surface area contributed by atoms with Crippen LogP contribution in [0.4, 0.5) is 0 Å². The van der Waals surface area contributed by atoms with E-state index in [4.69, 9.17) is 11.6 Å². The monoisotopic (exact) mass is 221 g/mol. The van der Waals surface area contributed by atoms with Gasteiger partial charge in [-0.2, -0.15) is 0 Å². The van der Waals surface area contributed by atoms with E-state index in [1.807, 2.05) is 5.38 Å². The zero-order chi connectivity index (χ0) is 9.14. The molecule has 0 saturated carbocycles. The minimum absolute atomic E-state index is 0.604. The lowest BCUT2D eigenvalue weighted by Crippen LogP contribution is -2.04. The second-order valence-electron chi connectivity index (χ2n) is 3.00. The van der Waals surface area contributed by atoms with Crippen molar-refractivity contribution in [1.82, 2.24) is 4.98 Å². The minimum Gasteiger partial charge on any atom is -0.218 e. The maximum atomic E-state index is 5.71. The van der Waals surface area contributed by atoms with Gasteiger partial charge in [-0.25, -0.2) is 4.98 Å². The van der Waals surface area contributed by atoms with Crippen molar-refractivity contribution in [2.75, 3.05) is 0 Å². The molecule has 0 aliphatic carbocycles. The zero-order valence-electron chi connectivity index (χ0n) is 7.37. The van der Waals surface area contributed by atoms with Crippen molar-refractivity contribution in [3.63, 3.8) is 0 Å². The highest BCUT2D eigenvalue weighted by Gasteiger charge is 2.10. The molecule has 0 saturated heterocycles. The number of hydrogen-bond acceptors (Lipinski definition) is 3. The van der Waals surface area contributed by atoms with Crippen molar-refractivity contribution in [2.45, 2.75) is 30.4 Å². The lowest BCUT2D eigenvalue weighted by atomic mass is 10.2. The number of thiazole rings is 1. The second-order valence-corrected chi connectivity index (χ2v) is 5.87. The van der Waals surface area contributed by atoms with E-state index in [0.717, 1.165) is 4.34 Å². The number of halogens is 1. The van der Waals surface area contributed by atoms with Gasteiger partial charge in [-0.05, 0) is 5.92 Å². The summed E-state index contributed by atoms with van der Waals surface area (Å²) >= 11 is 9.12. The molecule has 0 fully saturated rings. The van der Waals surface area contributed by atoms with Crippen molar-refractivity contribution in [2.24, 2.45) is 5.92 Å². The number of hydrogen-bond donors (Lipinski definition) is 0. The quantitative estimate of drug-likeness (QED) is 0.718. The standard InChI is InChI=1S/C8H12ClNS2/c1-5(2)6(3)12-8-10-7(9)4-11-8/h4-6H,1-3H3. The van der Waals surface area contributed by atoms with Gasteiger partial charge in [0, 0.05) is 10.6 Å². The molecular weight excluding hydrogens is 210 g/mol. The molecule has 0 aliphatic heterocycles. The van der Waals surface area contributed by atoms with Crippen LogP contribution in [0.3, 0.4) is 0 Å². The van der Waals surface area contributed by atoms with Crippen LogP contribution in [0, 0.1) is 5.92 Å². The molecule has 0 spiro atoms. The van der Waals surface area contributed by atoms with Crippen LogP contribution in [0.5, 0.6) is 0 Å². The SMILES string of the molecule is CC(C)C(C)Sc1nc(Cl)cs1. The molecule has 0 radical (unpaired) electrons. The number of nitrogens with zero attached hydrogens (tertiary/aromatic N) is 1.